The Morgan fingerprint density at radius 2 is 2.07 bits per heavy atom. The Bertz CT molecular complexity index is 719. The number of nitrogens with one attached hydrogen (secondary N) is 1. The minimum absolute atomic E-state index is 0.0869. The highest BCUT2D eigenvalue weighted by Crippen LogP contribution is 2.36. The molecular formula is C22H33BN2O4. The standard InChI is InChI=1S/C22H33BN2O4/c1-3-4-10-24-19-8-11-25(12-9-19)15-20(27)14-18-13-17-6-5-7-21(16(2)26)22(17)29-23(18)28/h5-7,18-19,24,28H,3-4,8-15H2,1-2H3/t18-/m1/s1. The third-order valence-electron chi connectivity index (χ3n) is 6.04. The molecule has 2 heterocycles. The van der Waals surface area contributed by atoms with Crippen LogP contribution in [0.5, 0.6) is 5.75 Å². The van der Waals surface area contributed by atoms with Crippen molar-refractivity contribution < 1.29 is 19.3 Å². The van der Waals surface area contributed by atoms with Crippen molar-refractivity contribution in [1.82, 2.24) is 10.2 Å². The lowest BCUT2D eigenvalue weighted by Gasteiger charge is -2.33. The molecule has 0 aromatic heterocycles. The summed E-state index contributed by atoms with van der Waals surface area (Å²) in [4.78, 5) is 26.6. The van der Waals surface area contributed by atoms with Crippen LogP contribution >= 0.6 is 0 Å². The van der Waals surface area contributed by atoms with E-state index >= 15 is 0 Å². The molecule has 3 rings (SSSR count). The maximum Gasteiger partial charge on any atom is 0.526 e. The molecule has 29 heavy (non-hydrogen) atoms. The summed E-state index contributed by atoms with van der Waals surface area (Å²) >= 11 is 0. The van der Waals surface area contributed by atoms with Crippen LogP contribution in [0.15, 0.2) is 18.2 Å². The predicted octanol–water partition coefficient (Wildman–Crippen LogP) is 2.49. The van der Waals surface area contributed by atoms with Crippen LogP contribution in [-0.2, 0) is 11.2 Å². The first kappa shape index (κ1) is 22.0. The Labute approximate surface area is 174 Å². The number of unbranched alkanes of at least 4 members (excludes halogenated alkanes) is 1. The Kier molecular flexibility index (Phi) is 7.87. The summed E-state index contributed by atoms with van der Waals surface area (Å²) < 4.78 is 5.65. The number of hydrogen-bond acceptors (Lipinski definition) is 6. The molecule has 0 saturated carbocycles. The Morgan fingerprint density at radius 1 is 1.31 bits per heavy atom. The van der Waals surface area contributed by atoms with Gasteiger partial charge in [0.25, 0.3) is 0 Å². The number of rotatable bonds is 9. The van der Waals surface area contributed by atoms with E-state index in [0.717, 1.165) is 38.0 Å². The van der Waals surface area contributed by atoms with Gasteiger partial charge in [0.1, 0.15) is 11.5 Å². The van der Waals surface area contributed by atoms with Crippen molar-refractivity contribution >= 4 is 18.7 Å². The van der Waals surface area contributed by atoms with E-state index < -0.39 is 7.12 Å². The number of para-hydroxylation sites is 1. The summed E-state index contributed by atoms with van der Waals surface area (Å²) in [6.45, 7) is 7.07. The van der Waals surface area contributed by atoms with E-state index in [4.69, 9.17) is 4.65 Å². The SMILES string of the molecule is CCCCNC1CCN(CC(=O)C[C@H]2Cc3cccc(C(C)=O)c3OB2O)CC1. The first-order valence-corrected chi connectivity index (χ1v) is 10.9. The molecule has 1 aromatic rings. The van der Waals surface area contributed by atoms with Crippen molar-refractivity contribution in [3.05, 3.63) is 29.3 Å². The van der Waals surface area contributed by atoms with E-state index in [0.29, 0.717) is 36.7 Å². The van der Waals surface area contributed by atoms with Crippen LogP contribution in [0.25, 0.3) is 0 Å². The zero-order chi connectivity index (χ0) is 20.8. The molecule has 0 amide bonds. The zero-order valence-corrected chi connectivity index (χ0v) is 17.7. The first-order valence-electron chi connectivity index (χ1n) is 10.9. The number of ketones is 2. The summed E-state index contributed by atoms with van der Waals surface area (Å²) in [6, 6.07) is 6.00. The second kappa shape index (κ2) is 10.4. The minimum atomic E-state index is -1.06. The van der Waals surface area contributed by atoms with Gasteiger partial charge >= 0.3 is 7.12 Å². The molecule has 2 aliphatic rings. The van der Waals surface area contributed by atoms with E-state index in [1.807, 2.05) is 12.1 Å². The molecule has 2 aliphatic heterocycles. The van der Waals surface area contributed by atoms with Gasteiger partial charge < -0.3 is 15.0 Å². The molecule has 1 saturated heterocycles. The van der Waals surface area contributed by atoms with Crippen LogP contribution in [0.1, 0.15) is 61.9 Å². The number of nitrogens with zero attached hydrogens (tertiary/aromatic N) is 1. The summed E-state index contributed by atoms with van der Waals surface area (Å²) in [5.41, 5.74) is 1.38. The number of hydrogen-bond donors (Lipinski definition) is 2. The summed E-state index contributed by atoms with van der Waals surface area (Å²) in [6.07, 6.45) is 5.41. The van der Waals surface area contributed by atoms with Gasteiger partial charge in [-0.1, -0.05) is 25.5 Å². The van der Waals surface area contributed by atoms with Gasteiger partial charge in [-0.05, 0) is 50.8 Å². The fraction of sp³-hybridized carbons (Fsp3) is 0.636. The average Bonchev–Trinajstić information content (AvgIpc) is 2.69. The van der Waals surface area contributed by atoms with Gasteiger partial charge in [0.05, 0.1) is 12.1 Å². The molecule has 6 nitrogen and oxygen atoms in total. The van der Waals surface area contributed by atoms with Crippen LogP contribution < -0.4 is 9.97 Å². The van der Waals surface area contributed by atoms with Crippen LogP contribution in [-0.4, -0.2) is 60.8 Å². The van der Waals surface area contributed by atoms with Crippen LogP contribution in [0, 0.1) is 0 Å². The molecule has 0 unspecified atom stereocenters. The van der Waals surface area contributed by atoms with Crippen molar-refractivity contribution in [3.63, 3.8) is 0 Å². The molecule has 0 bridgehead atoms. The molecule has 1 atom stereocenters. The molecule has 0 aliphatic carbocycles. The third kappa shape index (κ3) is 5.90. The molecule has 2 N–H and O–H groups in total. The summed E-state index contributed by atoms with van der Waals surface area (Å²) in [7, 11) is -1.06. The van der Waals surface area contributed by atoms with E-state index in [1.54, 1.807) is 6.07 Å². The molecule has 1 aromatic carbocycles. The van der Waals surface area contributed by atoms with E-state index in [1.165, 1.54) is 19.8 Å². The van der Waals surface area contributed by atoms with E-state index in [9.17, 15) is 14.6 Å². The van der Waals surface area contributed by atoms with E-state index in [2.05, 4.69) is 17.1 Å². The first-order chi connectivity index (χ1) is 14.0. The van der Waals surface area contributed by atoms with Crippen LogP contribution in [0.3, 0.4) is 0 Å². The fourth-order valence-corrected chi connectivity index (χ4v) is 4.32. The second-order valence-corrected chi connectivity index (χ2v) is 8.42. The van der Waals surface area contributed by atoms with Gasteiger partial charge in [0.2, 0.25) is 0 Å². The highest BCUT2D eigenvalue weighted by molar-refractivity contribution is 6.47. The smallest absolute Gasteiger partial charge is 0.526 e. The van der Waals surface area contributed by atoms with Crippen LogP contribution in [0.2, 0.25) is 5.82 Å². The second-order valence-electron chi connectivity index (χ2n) is 8.42. The highest BCUT2D eigenvalue weighted by Gasteiger charge is 2.37. The monoisotopic (exact) mass is 400 g/mol. The Morgan fingerprint density at radius 3 is 2.76 bits per heavy atom. The van der Waals surface area contributed by atoms with Gasteiger partial charge in [0.15, 0.2) is 5.78 Å². The van der Waals surface area contributed by atoms with Crippen molar-refractivity contribution in [2.24, 2.45) is 0 Å². The van der Waals surface area contributed by atoms with Crippen LogP contribution in [0.4, 0.5) is 0 Å². The Balaban J connectivity index is 1.48. The van der Waals surface area contributed by atoms with Gasteiger partial charge in [-0.15, -0.1) is 0 Å². The van der Waals surface area contributed by atoms with Crippen molar-refractivity contribution in [2.45, 2.75) is 64.2 Å². The number of benzene rings is 1. The zero-order valence-electron chi connectivity index (χ0n) is 17.7. The summed E-state index contributed by atoms with van der Waals surface area (Å²) in [5, 5.41) is 14.0. The number of piperidine rings is 1. The van der Waals surface area contributed by atoms with Gasteiger partial charge in [-0.25, -0.2) is 0 Å². The number of fused-ring (bicyclic) bond motifs is 1. The summed E-state index contributed by atoms with van der Waals surface area (Å²) in [5.74, 6) is 0.247. The third-order valence-corrected chi connectivity index (χ3v) is 6.04. The van der Waals surface area contributed by atoms with Gasteiger partial charge in [0, 0.05) is 31.4 Å². The lowest BCUT2D eigenvalue weighted by atomic mass is 9.64. The number of likely N-dealkylation sites (tertiary alicyclic amines) is 1. The highest BCUT2D eigenvalue weighted by atomic mass is 16.5. The maximum absolute atomic E-state index is 12.6. The van der Waals surface area contributed by atoms with Gasteiger partial charge in [-0.3, -0.25) is 14.5 Å². The quantitative estimate of drug-likeness (QED) is 0.377. The molecule has 7 heteroatoms. The fourth-order valence-electron chi connectivity index (χ4n) is 4.32. The topological polar surface area (TPSA) is 78.9 Å². The number of carbonyl (C=O) groups excluding carboxylic acids is 2. The van der Waals surface area contributed by atoms with Crippen molar-refractivity contribution in [2.75, 3.05) is 26.2 Å². The Hall–Kier alpha value is -1.70. The average molecular weight is 400 g/mol. The normalized spacial score (nSPS) is 20.2. The number of carbonyl (C=O) groups is 2. The van der Waals surface area contributed by atoms with Gasteiger partial charge in [-0.2, -0.15) is 0 Å². The van der Waals surface area contributed by atoms with E-state index in [-0.39, 0.29) is 17.4 Å². The predicted molar refractivity (Wildman–Crippen MR) is 114 cm³/mol. The van der Waals surface area contributed by atoms with Crippen molar-refractivity contribution in [1.29, 1.82) is 0 Å². The lowest BCUT2D eigenvalue weighted by molar-refractivity contribution is -0.120. The molecule has 0 radical (unpaired) electrons. The lowest BCUT2D eigenvalue weighted by Crippen LogP contribution is -2.45. The molecule has 158 valence electrons. The maximum atomic E-state index is 12.6. The largest absolute Gasteiger partial charge is 0.535 e. The van der Waals surface area contributed by atoms with Crippen molar-refractivity contribution in [3.8, 4) is 5.75 Å². The number of Topliss-reactive ketones (excluding diaryl/α,β-unsaturated/α-hetero) is 2. The molecule has 0 spiro atoms. The molecule has 1 fully saturated rings. The minimum Gasteiger partial charge on any atom is -0.535 e. The molecular weight excluding hydrogens is 367 g/mol.